The van der Waals surface area contributed by atoms with E-state index in [1.54, 1.807) is 25.7 Å². The van der Waals surface area contributed by atoms with Gasteiger partial charge in [0.15, 0.2) is 0 Å². The lowest BCUT2D eigenvalue weighted by Crippen LogP contribution is -2.55. The molecule has 25 heavy (non-hydrogen) atoms. The Morgan fingerprint density at radius 1 is 1.12 bits per heavy atom. The van der Waals surface area contributed by atoms with Gasteiger partial charge in [0, 0.05) is 19.0 Å². The van der Waals surface area contributed by atoms with Crippen molar-refractivity contribution in [3.63, 3.8) is 0 Å². The number of likely N-dealkylation sites (N-methyl/N-ethyl adjacent to an activating group) is 1. The molecule has 0 heterocycles. The molecule has 0 aromatic heterocycles. The lowest BCUT2D eigenvalue weighted by molar-refractivity contribution is -0.137. The van der Waals surface area contributed by atoms with Gasteiger partial charge in [-0.1, -0.05) is 0 Å². The Balaban J connectivity index is 2.06. The zero-order chi connectivity index (χ0) is 18.6. The normalized spacial score (nSPS) is 25.4. The molecule has 0 aromatic carbocycles. The monoisotopic (exact) mass is 352 g/mol. The molecule has 0 radical (unpaired) electrons. The molecule has 2 rings (SSSR count). The van der Waals surface area contributed by atoms with Crippen LogP contribution < -0.4 is 5.32 Å². The minimum absolute atomic E-state index is 0.0369. The maximum absolute atomic E-state index is 13.0. The molecule has 142 valence electrons. The third kappa shape index (κ3) is 5.44. The highest BCUT2D eigenvalue weighted by molar-refractivity contribution is 5.86. The lowest BCUT2D eigenvalue weighted by Gasteiger charge is -2.39. The zero-order valence-corrected chi connectivity index (χ0v) is 15.9. The van der Waals surface area contributed by atoms with Crippen LogP contribution in [0.3, 0.4) is 0 Å². The van der Waals surface area contributed by atoms with E-state index >= 15 is 0 Å². The van der Waals surface area contributed by atoms with Crippen molar-refractivity contribution < 1.29 is 19.1 Å². The molecule has 0 spiro atoms. The number of nitrogens with zero attached hydrogens (tertiary/aromatic N) is 1. The van der Waals surface area contributed by atoms with Crippen molar-refractivity contribution in [1.29, 1.82) is 0 Å². The summed E-state index contributed by atoms with van der Waals surface area (Å²) in [7, 11) is 1.83. The van der Waals surface area contributed by atoms with Crippen LogP contribution in [0.1, 0.15) is 65.7 Å². The molecule has 1 atom stereocenters. The fourth-order valence-corrected chi connectivity index (χ4v) is 3.60. The molecule has 0 bridgehead atoms. The number of carbonyl (C=O) groups is 3. The van der Waals surface area contributed by atoms with Gasteiger partial charge in [0.25, 0.3) is 0 Å². The maximum atomic E-state index is 13.0. The van der Waals surface area contributed by atoms with E-state index in [-0.39, 0.29) is 23.8 Å². The van der Waals surface area contributed by atoms with E-state index in [9.17, 15) is 14.4 Å². The number of carbonyl (C=O) groups excluding carboxylic acids is 3. The van der Waals surface area contributed by atoms with Crippen LogP contribution in [0.5, 0.6) is 0 Å². The van der Waals surface area contributed by atoms with E-state index in [1.165, 1.54) is 0 Å². The summed E-state index contributed by atoms with van der Waals surface area (Å²) in [6, 6.07) is -0.296. The van der Waals surface area contributed by atoms with Crippen LogP contribution in [0.4, 0.5) is 4.79 Å². The first kappa shape index (κ1) is 19.7. The van der Waals surface area contributed by atoms with Gasteiger partial charge in [-0.05, 0) is 71.6 Å². The van der Waals surface area contributed by atoms with Gasteiger partial charge >= 0.3 is 6.09 Å². The first-order valence-corrected chi connectivity index (χ1v) is 9.42. The number of amides is 2. The lowest BCUT2D eigenvalue weighted by atomic mass is 9.78. The van der Waals surface area contributed by atoms with Gasteiger partial charge in [-0.2, -0.15) is 0 Å². The predicted molar refractivity (Wildman–Crippen MR) is 95.1 cm³/mol. The Kier molecular flexibility index (Phi) is 6.47. The quantitative estimate of drug-likeness (QED) is 0.772. The van der Waals surface area contributed by atoms with Crippen LogP contribution in [-0.2, 0) is 14.3 Å². The molecule has 2 fully saturated rings. The van der Waals surface area contributed by atoms with E-state index < -0.39 is 17.7 Å². The van der Waals surface area contributed by atoms with Gasteiger partial charge < -0.3 is 19.7 Å². The molecular formula is C19H32N2O4. The molecular weight excluding hydrogens is 320 g/mol. The van der Waals surface area contributed by atoms with Crippen molar-refractivity contribution in [2.45, 2.75) is 83.4 Å². The second-order valence-corrected chi connectivity index (χ2v) is 8.47. The average Bonchev–Trinajstić information content (AvgIpc) is 2.48. The SMILES string of the molecule is CN(C(=O)[C@@H](NC(=O)OC(C)(C)C)[C@H]1CC[C@H](C=O)CC1)C1CCC1. The number of hydrogen-bond acceptors (Lipinski definition) is 4. The van der Waals surface area contributed by atoms with Crippen molar-refractivity contribution in [3.05, 3.63) is 0 Å². The summed E-state index contributed by atoms with van der Waals surface area (Å²) in [5.41, 5.74) is -0.604. The van der Waals surface area contributed by atoms with Crippen molar-refractivity contribution in [2.75, 3.05) is 7.05 Å². The first-order chi connectivity index (χ1) is 11.7. The van der Waals surface area contributed by atoms with E-state index in [0.29, 0.717) is 0 Å². The summed E-state index contributed by atoms with van der Waals surface area (Å²) < 4.78 is 5.36. The molecule has 6 heteroatoms. The summed E-state index contributed by atoms with van der Waals surface area (Å²) in [4.78, 5) is 38.0. The average molecular weight is 352 g/mol. The third-order valence-electron chi connectivity index (χ3n) is 5.39. The summed E-state index contributed by atoms with van der Waals surface area (Å²) in [6.07, 6.45) is 6.76. The van der Waals surface area contributed by atoms with Gasteiger partial charge in [0.1, 0.15) is 17.9 Å². The van der Waals surface area contributed by atoms with Gasteiger partial charge in [-0.25, -0.2) is 4.79 Å². The Morgan fingerprint density at radius 3 is 2.16 bits per heavy atom. The second-order valence-electron chi connectivity index (χ2n) is 8.47. The van der Waals surface area contributed by atoms with Crippen molar-refractivity contribution >= 4 is 18.3 Å². The molecule has 2 aliphatic carbocycles. The topological polar surface area (TPSA) is 75.7 Å². The summed E-state index contributed by atoms with van der Waals surface area (Å²) in [5.74, 6) is 0.0988. The zero-order valence-electron chi connectivity index (χ0n) is 15.9. The molecule has 0 unspecified atom stereocenters. The smallest absolute Gasteiger partial charge is 0.408 e. The Labute approximate surface area is 150 Å². The van der Waals surface area contributed by atoms with E-state index in [0.717, 1.165) is 51.2 Å². The molecule has 2 saturated carbocycles. The largest absolute Gasteiger partial charge is 0.444 e. The summed E-state index contributed by atoms with van der Waals surface area (Å²) in [6.45, 7) is 5.41. The van der Waals surface area contributed by atoms with E-state index in [2.05, 4.69) is 5.32 Å². The fourth-order valence-electron chi connectivity index (χ4n) is 3.60. The van der Waals surface area contributed by atoms with Crippen LogP contribution in [-0.4, -0.2) is 47.9 Å². The molecule has 2 aliphatic rings. The van der Waals surface area contributed by atoms with Gasteiger partial charge in [0.05, 0.1) is 0 Å². The van der Waals surface area contributed by atoms with Crippen molar-refractivity contribution in [2.24, 2.45) is 11.8 Å². The van der Waals surface area contributed by atoms with Crippen LogP contribution >= 0.6 is 0 Å². The van der Waals surface area contributed by atoms with E-state index in [4.69, 9.17) is 4.74 Å². The predicted octanol–water partition coefficient (Wildman–Crippen LogP) is 2.90. The Hall–Kier alpha value is -1.59. The second kappa shape index (κ2) is 8.19. The fraction of sp³-hybridized carbons (Fsp3) is 0.842. The molecule has 2 amide bonds. The van der Waals surface area contributed by atoms with E-state index in [1.807, 2.05) is 7.05 Å². The van der Waals surface area contributed by atoms with Crippen LogP contribution in [0, 0.1) is 11.8 Å². The molecule has 0 saturated heterocycles. The Morgan fingerprint density at radius 2 is 1.72 bits per heavy atom. The van der Waals surface area contributed by atoms with Gasteiger partial charge in [-0.15, -0.1) is 0 Å². The number of hydrogen-bond donors (Lipinski definition) is 1. The van der Waals surface area contributed by atoms with Gasteiger partial charge in [0.2, 0.25) is 5.91 Å². The summed E-state index contributed by atoms with van der Waals surface area (Å²) in [5, 5.41) is 2.82. The van der Waals surface area contributed by atoms with Crippen LogP contribution in [0.2, 0.25) is 0 Å². The Bertz CT molecular complexity index is 488. The number of alkyl carbamates (subject to hydrolysis) is 1. The van der Waals surface area contributed by atoms with Crippen molar-refractivity contribution in [1.82, 2.24) is 10.2 Å². The third-order valence-corrected chi connectivity index (χ3v) is 5.39. The number of nitrogens with one attached hydrogen (secondary N) is 1. The molecule has 0 aromatic rings. The van der Waals surface area contributed by atoms with Crippen LogP contribution in [0.15, 0.2) is 0 Å². The molecule has 1 N–H and O–H groups in total. The minimum Gasteiger partial charge on any atom is -0.444 e. The minimum atomic E-state index is -0.604. The highest BCUT2D eigenvalue weighted by Gasteiger charge is 2.38. The van der Waals surface area contributed by atoms with Gasteiger partial charge in [-0.3, -0.25) is 4.79 Å². The van der Waals surface area contributed by atoms with Crippen molar-refractivity contribution in [3.8, 4) is 0 Å². The summed E-state index contributed by atoms with van der Waals surface area (Å²) >= 11 is 0. The standard InChI is InChI=1S/C19H32N2O4/c1-19(2,3)25-18(24)20-16(14-10-8-13(12-22)9-11-14)17(23)21(4)15-6-5-7-15/h12-16H,5-11H2,1-4H3,(H,20,24)/t13-,14-,16-/m0/s1. The first-order valence-electron chi connectivity index (χ1n) is 9.42. The number of ether oxygens (including phenoxy) is 1. The maximum Gasteiger partial charge on any atom is 0.408 e. The van der Waals surface area contributed by atoms with Crippen LogP contribution in [0.25, 0.3) is 0 Å². The number of aldehydes is 1. The highest BCUT2D eigenvalue weighted by Crippen LogP contribution is 2.32. The highest BCUT2D eigenvalue weighted by atomic mass is 16.6. The molecule has 0 aliphatic heterocycles. The molecule has 6 nitrogen and oxygen atoms in total. The number of rotatable bonds is 5.